The molecule has 0 saturated heterocycles. The van der Waals surface area contributed by atoms with E-state index in [1.807, 2.05) is 0 Å². The molecular weight excluding hydrogens is 102 g/mol. The Hall–Kier alpha value is -0.790. The van der Waals surface area contributed by atoms with E-state index in [-0.39, 0.29) is 5.78 Å². The van der Waals surface area contributed by atoms with E-state index >= 15 is 0 Å². The number of allylic oxidation sites excluding steroid dienone is 2. The first-order valence-corrected chi connectivity index (χ1v) is 2.49. The lowest BCUT2D eigenvalue weighted by atomic mass is 10.2. The Morgan fingerprint density at radius 3 is 1.62 bits per heavy atom. The third-order valence-electron chi connectivity index (χ3n) is 1.12. The van der Waals surface area contributed by atoms with Crippen molar-refractivity contribution < 1.29 is 4.79 Å². The van der Waals surface area contributed by atoms with Gasteiger partial charge in [0.2, 0.25) is 0 Å². The van der Waals surface area contributed by atoms with Crippen molar-refractivity contribution >= 4 is 5.78 Å². The maximum Gasteiger partial charge on any atom is 0.157 e. The maximum atomic E-state index is 10.4. The van der Waals surface area contributed by atoms with Crippen molar-refractivity contribution in [2.24, 2.45) is 5.73 Å². The van der Waals surface area contributed by atoms with E-state index < -0.39 is 0 Å². The summed E-state index contributed by atoms with van der Waals surface area (Å²) in [6.07, 6.45) is 0. The highest BCUT2D eigenvalue weighted by Gasteiger charge is 1.96. The van der Waals surface area contributed by atoms with Gasteiger partial charge >= 0.3 is 0 Å². The van der Waals surface area contributed by atoms with Crippen molar-refractivity contribution in [3.05, 3.63) is 11.3 Å². The van der Waals surface area contributed by atoms with Gasteiger partial charge in [0.05, 0.1) is 0 Å². The van der Waals surface area contributed by atoms with Crippen LogP contribution in [0.4, 0.5) is 0 Å². The fourth-order valence-electron chi connectivity index (χ4n) is 0.278. The van der Waals surface area contributed by atoms with Crippen molar-refractivity contribution in [3.63, 3.8) is 0 Å². The van der Waals surface area contributed by atoms with E-state index in [2.05, 4.69) is 0 Å². The Labute approximate surface area is 49.4 Å². The molecule has 0 bridgehead atoms. The van der Waals surface area contributed by atoms with Crippen LogP contribution in [0.3, 0.4) is 0 Å². The molecule has 46 valence electrons. The normalized spacial score (nSPS) is 12.9. The Bertz CT molecular complexity index is 131. The van der Waals surface area contributed by atoms with Crippen LogP contribution in [-0.4, -0.2) is 5.78 Å². The van der Waals surface area contributed by atoms with Crippen molar-refractivity contribution in [1.82, 2.24) is 0 Å². The fourth-order valence-corrected chi connectivity index (χ4v) is 0.278. The molecule has 0 heterocycles. The van der Waals surface area contributed by atoms with Gasteiger partial charge in [0.1, 0.15) is 0 Å². The molecule has 0 aromatic heterocycles. The summed E-state index contributed by atoms with van der Waals surface area (Å²) in [6, 6.07) is 0. The summed E-state index contributed by atoms with van der Waals surface area (Å²) in [5.41, 5.74) is 6.56. The largest absolute Gasteiger partial charge is 0.402 e. The van der Waals surface area contributed by atoms with Crippen LogP contribution in [0.15, 0.2) is 11.3 Å². The summed E-state index contributed by atoms with van der Waals surface area (Å²) in [6.45, 7) is 4.94. The Morgan fingerprint density at radius 1 is 1.25 bits per heavy atom. The Kier molecular flexibility index (Phi) is 2.25. The third kappa shape index (κ3) is 1.78. The number of hydrogen-bond acceptors (Lipinski definition) is 2. The van der Waals surface area contributed by atoms with Gasteiger partial charge in [-0.25, -0.2) is 0 Å². The first-order chi connectivity index (χ1) is 3.55. The number of hydrogen-bond donors (Lipinski definition) is 1. The molecule has 0 atom stereocenters. The highest BCUT2D eigenvalue weighted by atomic mass is 16.1. The summed E-state index contributed by atoms with van der Waals surface area (Å²) >= 11 is 0. The van der Waals surface area contributed by atoms with Crippen molar-refractivity contribution in [2.45, 2.75) is 20.8 Å². The molecule has 0 rings (SSSR count). The lowest BCUT2D eigenvalue weighted by Crippen LogP contribution is -2.01. The van der Waals surface area contributed by atoms with E-state index in [9.17, 15) is 4.79 Å². The van der Waals surface area contributed by atoms with Gasteiger partial charge in [-0.3, -0.25) is 4.79 Å². The second-order valence-electron chi connectivity index (χ2n) is 1.86. The molecule has 0 aliphatic carbocycles. The topological polar surface area (TPSA) is 43.1 Å². The van der Waals surface area contributed by atoms with Crippen LogP contribution >= 0.6 is 0 Å². The summed E-state index contributed by atoms with van der Waals surface area (Å²) in [5, 5.41) is 0. The standard InChI is InChI=1S/C6H11NO/c1-4(5(2)7)6(3)8/h7H2,1-3H3. The second kappa shape index (κ2) is 2.50. The molecular formula is C6H11NO. The average Bonchev–Trinajstić information content (AvgIpc) is 1.64. The van der Waals surface area contributed by atoms with Gasteiger partial charge in [0.25, 0.3) is 0 Å². The number of carbonyl (C=O) groups excluding carboxylic acids is 1. The summed E-state index contributed by atoms with van der Waals surface area (Å²) in [4.78, 5) is 10.4. The summed E-state index contributed by atoms with van der Waals surface area (Å²) in [5.74, 6) is 0.0463. The van der Waals surface area contributed by atoms with Crippen molar-refractivity contribution in [3.8, 4) is 0 Å². The van der Waals surface area contributed by atoms with Crippen LogP contribution in [-0.2, 0) is 4.79 Å². The molecule has 0 aromatic rings. The van der Waals surface area contributed by atoms with E-state index in [4.69, 9.17) is 5.73 Å². The summed E-state index contributed by atoms with van der Waals surface area (Å²) in [7, 11) is 0. The molecule has 0 spiro atoms. The van der Waals surface area contributed by atoms with Gasteiger partial charge in [0, 0.05) is 11.3 Å². The first-order valence-electron chi connectivity index (χ1n) is 2.49. The molecule has 8 heavy (non-hydrogen) atoms. The van der Waals surface area contributed by atoms with Gasteiger partial charge in [0.15, 0.2) is 5.78 Å². The second-order valence-corrected chi connectivity index (χ2v) is 1.86. The zero-order valence-electron chi connectivity index (χ0n) is 5.49. The van der Waals surface area contributed by atoms with E-state index in [1.54, 1.807) is 13.8 Å². The van der Waals surface area contributed by atoms with Crippen LogP contribution in [0, 0.1) is 0 Å². The minimum atomic E-state index is 0.0463. The van der Waals surface area contributed by atoms with Gasteiger partial charge in [-0.15, -0.1) is 0 Å². The number of carbonyl (C=O) groups is 1. The number of nitrogens with two attached hydrogens (primary N) is 1. The lowest BCUT2D eigenvalue weighted by Gasteiger charge is -1.94. The molecule has 0 radical (unpaired) electrons. The average molecular weight is 113 g/mol. The number of ketones is 1. The molecule has 2 nitrogen and oxygen atoms in total. The zero-order valence-corrected chi connectivity index (χ0v) is 5.49. The van der Waals surface area contributed by atoms with Crippen LogP contribution < -0.4 is 5.73 Å². The molecule has 2 N–H and O–H groups in total. The highest BCUT2D eigenvalue weighted by Crippen LogP contribution is 1.96. The smallest absolute Gasteiger partial charge is 0.157 e. The Balaban J connectivity index is 4.23. The van der Waals surface area contributed by atoms with Gasteiger partial charge < -0.3 is 5.73 Å². The van der Waals surface area contributed by atoms with Gasteiger partial charge in [-0.2, -0.15) is 0 Å². The predicted octanol–water partition coefficient (Wildman–Crippen LogP) is 0.828. The molecule has 0 saturated carbocycles. The molecule has 0 aliphatic rings. The van der Waals surface area contributed by atoms with Crippen LogP contribution in [0.1, 0.15) is 20.8 Å². The molecule has 0 aromatic carbocycles. The van der Waals surface area contributed by atoms with Crippen LogP contribution in [0.2, 0.25) is 0 Å². The maximum absolute atomic E-state index is 10.4. The van der Waals surface area contributed by atoms with Crippen LogP contribution in [0.5, 0.6) is 0 Å². The van der Waals surface area contributed by atoms with E-state index in [1.165, 1.54) is 6.92 Å². The molecule has 0 unspecified atom stereocenters. The molecule has 0 aliphatic heterocycles. The molecule has 0 fully saturated rings. The predicted molar refractivity (Wildman–Crippen MR) is 33.2 cm³/mol. The van der Waals surface area contributed by atoms with Gasteiger partial charge in [-0.1, -0.05) is 0 Å². The van der Waals surface area contributed by atoms with E-state index in [0.717, 1.165) is 0 Å². The SMILES string of the molecule is CC(=O)C(C)=C(C)N. The lowest BCUT2D eigenvalue weighted by molar-refractivity contribution is -0.113. The summed E-state index contributed by atoms with van der Waals surface area (Å²) < 4.78 is 0. The monoisotopic (exact) mass is 113 g/mol. The van der Waals surface area contributed by atoms with Gasteiger partial charge in [-0.05, 0) is 20.8 Å². The minimum absolute atomic E-state index is 0.0463. The highest BCUT2D eigenvalue weighted by molar-refractivity contribution is 5.93. The van der Waals surface area contributed by atoms with Crippen molar-refractivity contribution in [1.29, 1.82) is 0 Å². The third-order valence-corrected chi connectivity index (χ3v) is 1.12. The Morgan fingerprint density at radius 2 is 1.62 bits per heavy atom. The molecule has 2 heteroatoms. The van der Waals surface area contributed by atoms with Crippen LogP contribution in [0.25, 0.3) is 0 Å². The quantitative estimate of drug-likeness (QED) is 0.512. The number of Topliss-reactive ketones (excluding diaryl/α,β-unsaturated/α-hetero) is 1. The van der Waals surface area contributed by atoms with E-state index in [0.29, 0.717) is 11.3 Å². The first kappa shape index (κ1) is 7.21. The zero-order chi connectivity index (χ0) is 6.73. The van der Waals surface area contributed by atoms with Crippen molar-refractivity contribution in [2.75, 3.05) is 0 Å². The molecule has 0 amide bonds. The number of rotatable bonds is 1. The minimum Gasteiger partial charge on any atom is -0.402 e. The fraction of sp³-hybridized carbons (Fsp3) is 0.500.